The average molecular weight is 496 g/mol. The third-order valence-electron chi connectivity index (χ3n) is 6.53. The third kappa shape index (κ3) is 5.03. The first-order chi connectivity index (χ1) is 17.5. The Labute approximate surface area is 215 Å². The molecular formula is C29H26ClN5O. The van der Waals surface area contributed by atoms with Crippen LogP contribution in [-0.4, -0.2) is 33.6 Å². The van der Waals surface area contributed by atoms with Gasteiger partial charge in [0, 0.05) is 49.9 Å². The Morgan fingerprint density at radius 1 is 1.19 bits per heavy atom. The van der Waals surface area contributed by atoms with Crippen LogP contribution in [0.4, 0.5) is 4.79 Å². The van der Waals surface area contributed by atoms with Gasteiger partial charge in [0.2, 0.25) is 0 Å². The Morgan fingerprint density at radius 2 is 2.03 bits per heavy atom. The predicted octanol–water partition coefficient (Wildman–Crippen LogP) is 5.70. The smallest absolute Gasteiger partial charge is 0.326 e. The second-order valence-corrected chi connectivity index (χ2v) is 9.44. The zero-order chi connectivity index (χ0) is 25.1. The molecule has 4 aromatic rings. The molecule has 1 N–H and O–H groups in total. The van der Waals surface area contributed by atoms with Crippen LogP contribution < -0.4 is 5.32 Å². The molecule has 3 heterocycles. The molecule has 36 heavy (non-hydrogen) atoms. The number of benzene rings is 2. The Hall–Kier alpha value is -3.92. The summed E-state index contributed by atoms with van der Waals surface area (Å²) in [5, 5.41) is 13.6. The van der Waals surface area contributed by atoms with Gasteiger partial charge >= 0.3 is 6.03 Å². The van der Waals surface area contributed by atoms with Crippen molar-refractivity contribution in [2.45, 2.75) is 26.4 Å². The number of aromatic nitrogens is 2. The van der Waals surface area contributed by atoms with Crippen molar-refractivity contribution in [2.24, 2.45) is 0 Å². The minimum atomic E-state index is -0.132. The maximum absolute atomic E-state index is 13.3. The van der Waals surface area contributed by atoms with E-state index in [9.17, 15) is 4.79 Å². The van der Waals surface area contributed by atoms with E-state index in [-0.39, 0.29) is 6.03 Å². The van der Waals surface area contributed by atoms with Crippen molar-refractivity contribution in [2.75, 3.05) is 13.1 Å². The molecule has 0 saturated heterocycles. The Balaban J connectivity index is 1.35. The number of aryl methyl sites for hydroxylation is 1. The van der Waals surface area contributed by atoms with Gasteiger partial charge in [0.15, 0.2) is 0 Å². The number of hydrogen-bond acceptors (Lipinski definition) is 4. The normalized spacial score (nSPS) is 13.6. The SMILES string of the molecule is Cc1ccc2c(c1)c1c(n2C(=O)NCc2ccnc(Cl)c2)CCN(CC=Cc2ccc(C#N)cc2)C1. The van der Waals surface area contributed by atoms with E-state index in [1.165, 1.54) is 11.1 Å². The highest BCUT2D eigenvalue weighted by Crippen LogP contribution is 2.31. The first-order valence-corrected chi connectivity index (χ1v) is 12.3. The Kier molecular flexibility index (Phi) is 6.86. The number of nitrogens with zero attached hydrogens (tertiary/aromatic N) is 4. The first-order valence-electron chi connectivity index (χ1n) is 11.9. The van der Waals surface area contributed by atoms with Crippen LogP contribution in [0.5, 0.6) is 0 Å². The molecule has 0 aliphatic carbocycles. The minimum Gasteiger partial charge on any atom is -0.333 e. The number of pyridine rings is 1. The van der Waals surface area contributed by atoms with Gasteiger partial charge in [-0.25, -0.2) is 9.78 Å². The fourth-order valence-electron chi connectivity index (χ4n) is 4.73. The van der Waals surface area contributed by atoms with E-state index < -0.39 is 0 Å². The highest BCUT2D eigenvalue weighted by atomic mass is 35.5. The molecule has 0 atom stereocenters. The maximum Gasteiger partial charge on any atom is 0.326 e. The van der Waals surface area contributed by atoms with Gasteiger partial charge in [0.1, 0.15) is 5.15 Å². The van der Waals surface area contributed by atoms with Gasteiger partial charge < -0.3 is 5.32 Å². The van der Waals surface area contributed by atoms with Crippen molar-refractivity contribution in [3.05, 3.63) is 106 Å². The van der Waals surface area contributed by atoms with Crippen molar-refractivity contribution < 1.29 is 4.79 Å². The summed E-state index contributed by atoms with van der Waals surface area (Å²) < 4.78 is 1.84. The number of hydrogen-bond donors (Lipinski definition) is 1. The molecule has 7 heteroatoms. The van der Waals surface area contributed by atoms with E-state index >= 15 is 0 Å². The summed E-state index contributed by atoms with van der Waals surface area (Å²) in [4.78, 5) is 19.7. The number of carbonyl (C=O) groups excluding carboxylic acids is 1. The summed E-state index contributed by atoms with van der Waals surface area (Å²) in [7, 11) is 0. The summed E-state index contributed by atoms with van der Waals surface area (Å²) in [6.07, 6.45) is 6.68. The molecule has 1 aliphatic rings. The largest absolute Gasteiger partial charge is 0.333 e. The van der Waals surface area contributed by atoms with Crippen LogP contribution in [0.3, 0.4) is 0 Å². The molecule has 1 aliphatic heterocycles. The van der Waals surface area contributed by atoms with E-state index in [1.807, 2.05) is 41.0 Å². The summed E-state index contributed by atoms with van der Waals surface area (Å²) in [5.41, 5.74) is 7.05. The average Bonchev–Trinajstić information content (AvgIpc) is 3.21. The van der Waals surface area contributed by atoms with Crippen molar-refractivity contribution in [3.8, 4) is 6.07 Å². The van der Waals surface area contributed by atoms with Crippen LogP contribution in [0.2, 0.25) is 5.15 Å². The number of carbonyl (C=O) groups is 1. The van der Waals surface area contributed by atoms with Crippen LogP contribution in [0.1, 0.15) is 33.5 Å². The zero-order valence-electron chi connectivity index (χ0n) is 20.0. The second kappa shape index (κ2) is 10.4. The van der Waals surface area contributed by atoms with E-state index in [0.717, 1.165) is 53.8 Å². The Morgan fingerprint density at radius 3 is 2.81 bits per heavy atom. The molecule has 1 amide bonds. The molecule has 0 spiro atoms. The quantitative estimate of drug-likeness (QED) is 0.360. The molecule has 0 unspecified atom stereocenters. The third-order valence-corrected chi connectivity index (χ3v) is 6.74. The minimum absolute atomic E-state index is 0.132. The summed E-state index contributed by atoms with van der Waals surface area (Å²) in [5.74, 6) is 0. The van der Waals surface area contributed by atoms with Gasteiger partial charge in [0.05, 0.1) is 17.1 Å². The summed E-state index contributed by atoms with van der Waals surface area (Å²) >= 11 is 5.99. The molecule has 5 rings (SSSR count). The van der Waals surface area contributed by atoms with Crippen LogP contribution in [0.15, 0.2) is 66.9 Å². The number of halogens is 1. The fourth-order valence-corrected chi connectivity index (χ4v) is 4.93. The van der Waals surface area contributed by atoms with E-state index in [2.05, 4.69) is 52.5 Å². The van der Waals surface area contributed by atoms with E-state index in [1.54, 1.807) is 12.3 Å². The summed E-state index contributed by atoms with van der Waals surface area (Å²) in [6, 6.07) is 19.5. The molecule has 0 bridgehead atoms. The van der Waals surface area contributed by atoms with Crippen molar-refractivity contribution >= 4 is 34.6 Å². The maximum atomic E-state index is 13.3. The highest BCUT2D eigenvalue weighted by Gasteiger charge is 2.26. The van der Waals surface area contributed by atoms with E-state index in [4.69, 9.17) is 16.9 Å². The monoisotopic (exact) mass is 495 g/mol. The van der Waals surface area contributed by atoms with Gasteiger partial charge in [-0.05, 0) is 60.0 Å². The first kappa shape index (κ1) is 23.8. The summed E-state index contributed by atoms with van der Waals surface area (Å²) in [6.45, 7) is 4.93. The topological polar surface area (TPSA) is 74.0 Å². The van der Waals surface area contributed by atoms with Crippen LogP contribution >= 0.6 is 11.6 Å². The molecule has 0 radical (unpaired) electrons. The second-order valence-electron chi connectivity index (χ2n) is 9.05. The molecule has 0 fully saturated rings. The van der Waals surface area contributed by atoms with Crippen molar-refractivity contribution in [3.63, 3.8) is 0 Å². The van der Waals surface area contributed by atoms with Gasteiger partial charge in [-0.1, -0.05) is 47.5 Å². The standard InChI is InChI=1S/C29H26ClN5O/c1-20-4-9-26-24(15-20)25-19-34(13-2-3-21-5-7-22(17-31)8-6-21)14-11-27(25)35(26)29(36)33-18-23-10-12-32-28(30)16-23/h2-10,12,15-16H,11,13-14,18-19H2,1H3,(H,33,36). The number of rotatable bonds is 5. The number of nitrogens with one attached hydrogen (secondary N) is 1. The van der Waals surface area contributed by atoms with Crippen LogP contribution in [0.25, 0.3) is 17.0 Å². The zero-order valence-corrected chi connectivity index (χ0v) is 20.8. The lowest BCUT2D eigenvalue weighted by Crippen LogP contribution is -2.34. The van der Waals surface area contributed by atoms with Gasteiger partial charge in [-0.3, -0.25) is 9.47 Å². The fraction of sp³-hybridized carbons (Fsp3) is 0.207. The number of fused-ring (bicyclic) bond motifs is 3. The van der Waals surface area contributed by atoms with Crippen molar-refractivity contribution in [1.29, 1.82) is 5.26 Å². The van der Waals surface area contributed by atoms with Gasteiger partial charge in [-0.2, -0.15) is 5.26 Å². The molecule has 180 valence electrons. The lowest BCUT2D eigenvalue weighted by molar-refractivity contribution is 0.240. The molecular weight excluding hydrogens is 470 g/mol. The lowest BCUT2D eigenvalue weighted by atomic mass is 10.0. The van der Waals surface area contributed by atoms with E-state index in [0.29, 0.717) is 17.3 Å². The Bertz CT molecular complexity index is 1500. The molecule has 2 aromatic heterocycles. The molecule has 0 saturated carbocycles. The van der Waals surface area contributed by atoms with Crippen LogP contribution in [-0.2, 0) is 19.5 Å². The highest BCUT2D eigenvalue weighted by molar-refractivity contribution is 6.29. The van der Waals surface area contributed by atoms with Gasteiger partial charge in [0.25, 0.3) is 0 Å². The predicted molar refractivity (Wildman–Crippen MR) is 143 cm³/mol. The molecule has 6 nitrogen and oxygen atoms in total. The lowest BCUT2D eigenvalue weighted by Gasteiger charge is -2.27. The van der Waals surface area contributed by atoms with Crippen LogP contribution in [0, 0.1) is 18.3 Å². The van der Waals surface area contributed by atoms with Crippen molar-refractivity contribution in [1.82, 2.24) is 19.8 Å². The van der Waals surface area contributed by atoms with Gasteiger partial charge in [-0.15, -0.1) is 0 Å². The molecule has 2 aromatic carbocycles. The number of amides is 1. The number of nitriles is 1.